The van der Waals surface area contributed by atoms with E-state index in [0.717, 1.165) is 17.9 Å². The Morgan fingerprint density at radius 2 is 1.79 bits per heavy atom. The number of hydrogen-bond donors (Lipinski definition) is 1. The van der Waals surface area contributed by atoms with Crippen LogP contribution in [0.15, 0.2) is 36.4 Å². The Morgan fingerprint density at radius 1 is 1.08 bits per heavy atom. The Labute approximate surface area is 141 Å². The number of aromatic hydroxyl groups is 1. The lowest BCUT2D eigenvalue weighted by molar-refractivity contribution is 0.173. The predicted octanol–water partition coefficient (Wildman–Crippen LogP) is 3.29. The Bertz CT molecular complexity index is 725. The maximum Gasteiger partial charge on any atom is 0.231 e. The minimum absolute atomic E-state index is 0.219. The van der Waals surface area contributed by atoms with Crippen LogP contribution in [0.5, 0.6) is 23.0 Å². The number of fused-ring (bicyclic) bond motifs is 1. The van der Waals surface area contributed by atoms with Gasteiger partial charge in [0.15, 0.2) is 11.5 Å². The number of benzene rings is 2. The van der Waals surface area contributed by atoms with E-state index in [0.29, 0.717) is 24.1 Å². The summed E-state index contributed by atoms with van der Waals surface area (Å²) in [6, 6.07) is 12.3. The van der Waals surface area contributed by atoms with Crippen molar-refractivity contribution < 1.29 is 19.3 Å². The second-order valence-electron chi connectivity index (χ2n) is 6.32. The Morgan fingerprint density at radius 3 is 2.46 bits per heavy atom. The van der Waals surface area contributed by atoms with Crippen LogP contribution in [0, 0.1) is 0 Å². The first-order valence-corrected chi connectivity index (χ1v) is 8.21. The van der Waals surface area contributed by atoms with E-state index in [1.165, 1.54) is 18.4 Å². The van der Waals surface area contributed by atoms with Crippen molar-refractivity contribution >= 4 is 0 Å². The highest BCUT2D eigenvalue weighted by atomic mass is 16.7. The molecule has 24 heavy (non-hydrogen) atoms. The number of hydrogen-bond acceptors (Lipinski definition) is 5. The molecule has 0 aromatic heterocycles. The molecule has 5 heteroatoms. The van der Waals surface area contributed by atoms with E-state index in [4.69, 9.17) is 14.2 Å². The SMILES string of the molecule is COc1ccc(CN(Cc2cc3c(cc2O)OCO3)C2CC2)cc1. The maximum atomic E-state index is 10.3. The van der Waals surface area contributed by atoms with Crippen LogP contribution in [-0.2, 0) is 13.1 Å². The highest BCUT2D eigenvalue weighted by molar-refractivity contribution is 5.51. The lowest BCUT2D eigenvalue weighted by Gasteiger charge is -2.23. The third-order valence-electron chi connectivity index (χ3n) is 4.56. The maximum absolute atomic E-state index is 10.3. The molecule has 4 rings (SSSR count). The fraction of sp³-hybridized carbons (Fsp3) is 0.368. The van der Waals surface area contributed by atoms with E-state index in [1.807, 2.05) is 18.2 Å². The number of phenolic OH excluding ortho intramolecular Hbond substituents is 1. The molecule has 0 saturated heterocycles. The summed E-state index contributed by atoms with van der Waals surface area (Å²) < 4.78 is 16.0. The lowest BCUT2D eigenvalue weighted by Crippen LogP contribution is -2.25. The smallest absolute Gasteiger partial charge is 0.231 e. The summed E-state index contributed by atoms with van der Waals surface area (Å²) in [5.74, 6) is 2.46. The van der Waals surface area contributed by atoms with Gasteiger partial charge in [0, 0.05) is 30.8 Å². The molecule has 0 radical (unpaired) electrons. The van der Waals surface area contributed by atoms with Crippen LogP contribution < -0.4 is 14.2 Å². The molecular formula is C19H21NO4. The number of rotatable bonds is 6. The number of ether oxygens (including phenoxy) is 3. The van der Waals surface area contributed by atoms with Crippen LogP contribution in [-0.4, -0.2) is 30.0 Å². The predicted molar refractivity (Wildman–Crippen MR) is 89.5 cm³/mol. The second-order valence-corrected chi connectivity index (χ2v) is 6.32. The van der Waals surface area contributed by atoms with Gasteiger partial charge in [0.05, 0.1) is 7.11 Å². The summed E-state index contributed by atoms with van der Waals surface area (Å²) >= 11 is 0. The zero-order valence-corrected chi connectivity index (χ0v) is 13.7. The molecule has 5 nitrogen and oxygen atoms in total. The van der Waals surface area contributed by atoms with Crippen LogP contribution in [0.25, 0.3) is 0 Å². The van der Waals surface area contributed by atoms with Gasteiger partial charge in [-0.1, -0.05) is 12.1 Å². The molecule has 2 aromatic carbocycles. The van der Waals surface area contributed by atoms with E-state index >= 15 is 0 Å². The molecule has 0 spiro atoms. The first-order valence-electron chi connectivity index (χ1n) is 8.21. The summed E-state index contributed by atoms with van der Waals surface area (Å²) in [6.45, 7) is 1.76. The lowest BCUT2D eigenvalue weighted by atomic mass is 10.1. The third kappa shape index (κ3) is 3.12. The molecule has 126 valence electrons. The van der Waals surface area contributed by atoms with E-state index in [-0.39, 0.29) is 12.5 Å². The van der Waals surface area contributed by atoms with E-state index in [2.05, 4.69) is 17.0 Å². The molecule has 1 aliphatic carbocycles. The van der Waals surface area contributed by atoms with E-state index in [1.54, 1.807) is 13.2 Å². The second kappa shape index (κ2) is 6.24. The molecule has 0 atom stereocenters. The van der Waals surface area contributed by atoms with Crippen molar-refractivity contribution in [1.29, 1.82) is 0 Å². The molecule has 1 heterocycles. The summed E-state index contributed by atoms with van der Waals surface area (Å²) in [6.07, 6.45) is 2.42. The van der Waals surface area contributed by atoms with Crippen LogP contribution in [0.4, 0.5) is 0 Å². The number of methoxy groups -OCH3 is 1. The van der Waals surface area contributed by atoms with E-state index < -0.39 is 0 Å². The third-order valence-corrected chi connectivity index (χ3v) is 4.56. The molecule has 0 bridgehead atoms. The van der Waals surface area contributed by atoms with Crippen molar-refractivity contribution in [2.45, 2.75) is 32.0 Å². The molecule has 1 N–H and O–H groups in total. The molecule has 0 amide bonds. The molecule has 1 aliphatic heterocycles. The van der Waals surface area contributed by atoms with Crippen molar-refractivity contribution in [3.8, 4) is 23.0 Å². The van der Waals surface area contributed by atoms with Gasteiger partial charge in [0.2, 0.25) is 6.79 Å². The fourth-order valence-corrected chi connectivity index (χ4v) is 3.04. The zero-order chi connectivity index (χ0) is 16.5. The van der Waals surface area contributed by atoms with Crippen LogP contribution >= 0.6 is 0 Å². The van der Waals surface area contributed by atoms with Gasteiger partial charge < -0.3 is 19.3 Å². The molecule has 1 saturated carbocycles. The van der Waals surface area contributed by atoms with Gasteiger partial charge in [-0.25, -0.2) is 0 Å². The van der Waals surface area contributed by atoms with Crippen molar-refractivity contribution in [2.75, 3.05) is 13.9 Å². The highest BCUT2D eigenvalue weighted by Crippen LogP contribution is 2.39. The standard InChI is InChI=1S/C19H21NO4/c1-22-16-6-2-13(3-7-16)10-20(15-4-5-15)11-14-8-18-19(9-17(14)21)24-12-23-18/h2-3,6-9,15,21H,4-5,10-12H2,1H3. The van der Waals surface area contributed by atoms with E-state index in [9.17, 15) is 5.11 Å². The van der Waals surface area contributed by atoms with Gasteiger partial charge in [-0.3, -0.25) is 4.90 Å². The Kier molecular flexibility index (Phi) is 3.94. The summed E-state index contributed by atoms with van der Waals surface area (Å²) in [5, 5.41) is 10.3. The number of phenols is 1. The Hall–Kier alpha value is -2.40. The van der Waals surface area contributed by atoms with Gasteiger partial charge in [-0.05, 0) is 36.6 Å². The van der Waals surface area contributed by atoms with Gasteiger partial charge in [-0.15, -0.1) is 0 Å². The summed E-state index contributed by atoms with van der Waals surface area (Å²) in [5.41, 5.74) is 2.11. The zero-order valence-electron chi connectivity index (χ0n) is 13.7. The summed E-state index contributed by atoms with van der Waals surface area (Å²) in [7, 11) is 1.67. The monoisotopic (exact) mass is 327 g/mol. The summed E-state index contributed by atoms with van der Waals surface area (Å²) in [4.78, 5) is 2.40. The van der Waals surface area contributed by atoms with Crippen molar-refractivity contribution in [3.63, 3.8) is 0 Å². The van der Waals surface area contributed by atoms with Crippen LogP contribution in [0.1, 0.15) is 24.0 Å². The molecule has 0 unspecified atom stereocenters. The molecule has 1 fully saturated rings. The van der Waals surface area contributed by atoms with Gasteiger partial charge in [0.1, 0.15) is 11.5 Å². The van der Waals surface area contributed by atoms with Gasteiger partial charge >= 0.3 is 0 Å². The molecular weight excluding hydrogens is 306 g/mol. The van der Waals surface area contributed by atoms with Crippen molar-refractivity contribution in [2.24, 2.45) is 0 Å². The quantitative estimate of drug-likeness (QED) is 0.882. The average Bonchev–Trinajstić information content (AvgIpc) is 3.35. The molecule has 2 aromatic rings. The highest BCUT2D eigenvalue weighted by Gasteiger charge is 2.30. The van der Waals surface area contributed by atoms with Crippen LogP contribution in [0.3, 0.4) is 0 Å². The average molecular weight is 327 g/mol. The molecule has 2 aliphatic rings. The minimum Gasteiger partial charge on any atom is -0.507 e. The fourth-order valence-electron chi connectivity index (χ4n) is 3.04. The first-order chi connectivity index (χ1) is 11.7. The first kappa shape index (κ1) is 15.1. The minimum atomic E-state index is 0.219. The van der Waals surface area contributed by atoms with Gasteiger partial charge in [0.25, 0.3) is 0 Å². The normalized spacial score (nSPS) is 15.8. The van der Waals surface area contributed by atoms with Crippen molar-refractivity contribution in [3.05, 3.63) is 47.5 Å². The topological polar surface area (TPSA) is 51.2 Å². The van der Waals surface area contributed by atoms with Crippen molar-refractivity contribution in [1.82, 2.24) is 4.90 Å². The van der Waals surface area contributed by atoms with Crippen LogP contribution in [0.2, 0.25) is 0 Å². The largest absolute Gasteiger partial charge is 0.507 e. The van der Waals surface area contributed by atoms with Gasteiger partial charge in [-0.2, -0.15) is 0 Å². The Balaban J connectivity index is 1.51. The number of nitrogens with zero attached hydrogens (tertiary/aromatic N) is 1.